The van der Waals surface area contributed by atoms with Gasteiger partial charge in [-0.3, -0.25) is 0 Å². The van der Waals surface area contributed by atoms with Crippen LogP contribution in [-0.2, 0) is 7.05 Å². The fourth-order valence-electron chi connectivity index (χ4n) is 2.71. The molecule has 2 aromatic carbocycles. The van der Waals surface area contributed by atoms with Gasteiger partial charge in [0.25, 0.3) is 0 Å². The number of benzene rings is 2. The highest BCUT2D eigenvalue weighted by molar-refractivity contribution is 5.71. The van der Waals surface area contributed by atoms with E-state index in [-0.39, 0.29) is 0 Å². The van der Waals surface area contributed by atoms with Crippen molar-refractivity contribution in [2.75, 3.05) is 24.7 Å². The molecule has 0 saturated carbocycles. The quantitative estimate of drug-likeness (QED) is 0.744. The Labute approximate surface area is 131 Å². The molecule has 2 N–H and O–H groups in total. The standard InChI is InChI=1S/C19H21N3/c1-20-16-8-4-14(5-9-16)18-12-13-19(22(18)3)15-6-10-17(21-2)11-7-15/h4-13,20-21H,1-3H3. The number of hydrogen-bond acceptors (Lipinski definition) is 2. The third kappa shape index (κ3) is 2.58. The molecule has 0 atom stereocenters. The second kappa shape index (κ2) is 5.98. The topological polar surface area (TPSA) is 29.0 Å². The van der Waals surface area contributed by atoms with E-state index in [4.69, 9.17) is 0 Å². The maximum Gasteiger partial charge on any atom is 0.0482 e. The van der Waals surface area contributed by atoms with E-state index in [1.807, 2.05) is 14.1 Å². The number of rotatable bonds is 4. The van der Waals surface area contributed by atoms with Crippen LogP contribution in [0, 0.1) is 0 Å². The Hall–Kier alpha value is -2.68. The lowest BCUT2D eigenvalue weighted by atomic mass is 10.1. The molecule has 1 heterocycles. The van der Waals surface area contributed by atoms with Gasteiger partial charge >= 0.3 is 0 Å². The highest BCUT2D eigenvalue weighted by Gasteiger charge is 2.08. The van der Waals surface area contributed by atoms with Crippen LogP contribution in [0.5, 0.6) is 0 Å². The van der Waals surface area contributed by atoms with Crippen molar-refractivity contribution in [1.82, 2.24) is 4.57 Å². The van der Waals surface area contributed by atoms with Crippen molar-refractivity contribution < 1.29 is 0 Å². The highest BCUT2D eigenvalue weighted by Crippen LogP contribution is 2.29. The first-order valence-corrected chi connectivity index (χ1v) is 7.45. The fraction of sp³-hybridized carbons (Fsp3) is 0.158. The van der Waals surface area contributed by atoms with Crippen molar-refractivity contribution in [2.45, 2.75) is 0 Å². The summed E-state index contributed by atoms with van der Waals surface area (Å²) in [6.07, 6.45) is 0. The average molecular weight is 291 g/mol. The normalized spacial score (nSPS) is 10.5. The first-order chi connectivity index (χ1) is 10.7. The van der Waals surface area contributed by atoms with Gasteiger partial charge in [-0.1, -0.05) is 24.3 Å². The average Bonchev–Trinajstić information content (AvgIpc) is 2.96. The predicted octanol–water partition coefficient (Wildman–Crippen LogP) is 4.44. The molecule has 3 heteroatoms. The van der Waals surface area contributed by atoms with Crippen LogP contribution in [-0.4, -0.2) is 18.7 Å². The zero-order chi connectivity index (χ0) is 15.5. The largest absolute Gasteiger partial charge is 0.388 e. The van der Waals surface area contributed by atoms with E-state index in [2.05, 4.69) is 82.9 Å². The van der Waals surface area contributed by atoms with Crippen LogP contribution in [0.25, 0.3) is 22.5 Å². The number of hydrogen-bond donors (Lipinski definition) is 2. The maximum atomic E-state index is 3.15. The molecule has 0 radical (unpaired) electrons. The van der Waals surface area contributed by atoms with Crippen LogP contribution in [0.2, 0.25) is 0 Å². The monoisotopic (exact) mass is 291 g/mol. The molecule has 3 nitrogen and oxygen atoms in total. The molecule has 22 heavy (non-hydrogen) atoms. The first kappa shape index (κ1) is 14.3. The van der Waals surface area contributed by atoms with Gasteiger partial charge in [-0.25, -0.2) is 0 Å². The summed E-state index contributed by atoms with van der Waals surface area (Å²) in [7, 11) is 5.98. The fourth-order valence-corrected chi connectivity index (χ4v) is 2.71. The second-order valence-electron chi connectivity index (χ2n) is 5.32. The molecule has 0 spiro atoms. The zero-order valence-electron chi connectivity index (χ0n) is 13.2. The molecule has 0 amide bonds. The molecular formula is C19H21N3. The van der Waals surface area contributed by atoms with Crippen LogP contribution < -0.4 is 10.6 Å². The summed E-state index contributed by atoms with van der Waals surface area (Å²) in [5.41, 5.74) is 7.13. The smallest absolute Gasteiger partial charge is 0.0482 e. The highest BCUT2D eigenvalue weighted by atomic mass is 15.0. The third-order valence-corrected chi connectivity index (χ3v) is 4.06. The lowest BCUT2D eigenvalue weighted by molar-refractivity contribution is 0.946. The SMILES string of the molecule is CNc1ccc(-c2ccc(-c3ccc(NC)cc3)n2C)cc1. The van der Waals surface area contributed by atoms with E-state index in [9.17, 15) is 0 Å². The summed E-state index contributed by atoms with van der Waals surface area (Å²) >= 11 is 0. The molecular weight excluding hydrogens is 270 g/mol. The molecule has 0 bridgehead atoms. The molecule has 0 unspecified atom stereocenters. The van der Waals surface area contributed by atoms with E-state index in [1.165, 1.54) is 22.5 Å². The first-order valence-electron chi connectivity index (χ1n) is 7.45. The number of nitrogens with one attached hydrogen (secondary N) is 2. The van der Waals surface area contributed by atoms with E-state index in [0.717, 1.165) is 11.4 Å². The minimum absolute atomic E-state index is 1.13. The van der Waals surface area contributed by atoms with Gasteiger partial charge in [-0.2, -0.15) is 0 Å². The van der Waals surface area contributed by atoms with Crippen molar-refractivity contribution in [1.29, 1.82) is 0 Å². The summed E-state index contributed by atoms with van der Waals surface area (Å²) in [6.45, 7) is 0. The van der Waals surface area contributed by atoms with Gasteiger partial charge in [0.1, 0.15) is 0 Å². The summed E-state index contributed by atoms with van der Waals surface area (Å²) in [5, 5.41) is 6.30. The molecule has 0 aliphatic carbocycles. The summed E-state index contributed by atoms with van der Waals surface area (Å²) in [6, 6.07) is 21.3. The van der Waals surface area contributed by atoms with Gasteiger partial charge in [-0.15, -0.1) is 0 Å². The van der Waals surface area contributed by atoms with Gasteiger partial charge in [0.05, 0.1) is 0 Å². The van der Waals surface area contributed by atoms with Crippen molar-refractivity contribution in [3.63, 3.8) is 0 Å². The molecule has 0 aliphatic heterocycles. The zero-order valence-corrected chi connectivity index (χ0v) is 13.2. The molecule has 0 aliphatic rings. The minimum atomic E-state index is 1.13. The Morgan fingerprint density at radius 1 is 0.591 bits per heavy atom. The van der Waals surface area contributed by atoms with Crippen LogP contribution in [0.4, 0.5) is 11.4 Å². The maximum absolute atomic E-state index is 3.15. The van der Waals surface area contributed by atoms with E-state index < -0.39 is 0 Å². The summed E-state index contributed by atoms with van der Waals surface area (Å²) in [4.78, 5) is 0. The lowest BCUT2D eigenvalue weighted by Crippen LogP contribution is -1.95. The molecule has 0 saturated heterocycles. The van der Waals surface area contributed by atoms with Gasteiger partial charge in [0.15, 0.2) is 0 Å². The summed E-state index contributed by atoms with van der Waals surface area (Å²) in [5.74, 6) is 0. The third-order valence-electron chi connectivity index (χ3n) is 4.06. The number of aromatic nitrogens is 1. The Balaban J connectivity index is 1.96. The van der Waals surface area contributed by atoms with E-state index in [0.29, 0.717) is 0 Å². The van der Waals surface area contributed by atoms with Crippen LogP contribution in [0.1, 0.15) is 0 Å². The Kier molecular flexibility index (Phi) is 3.88. The van der Waals surface area contributed by atoms with Crippen molar-refractivity contribution in [3.05, 3.63) is 60.7 Å². The summed E-state index contributed by atoms with van der Waals surface area (Å²) < 4.78 is 2.24. The van der Waals surface area contributed by atoms with Gasteiger partial charge in [-0.05, 0) is 47.5 Å². The van der Waals surface area contributed by atoms with Crippen LogP contribution in [0.15, 0.2) is 60.7 Å². The lowest BCUT2D eigenvalue weighted by Gasteiger charge is -2.10. The molecule has 0 fully saturated rings. The Morgan fingerprint density at radius 2 is 0.955 bits per heavy atom. The van der Waals surface area contributed by atoms with Gasteiger partial charge in [0, 0.05) is 43.9 Å². The number of anilines is 2. The molecule has 3 rings (SSSR count). The van der Waals surface area contributed by atoms with E-state index in [1.54, 1.807) is 0 Å². The van der Waals surface area contributed by atoms with Gasteiger partial charge in [0.2, 0.25) is 0 Å². The van der Waals surface area contributed by atoms with Crippen LogP contribution >= 0.6 is 0 Å². The predicted molar refractivity (Wildman–Crippen MR) is 95.4 cm³/mol. The molecule has 3 aromatic rings. The van der Waals surface area contributed by atoms with Crippen molar-refractivity contribution >= 4 is 11.4 Å². The number of nitrogens with zero attached hydrogens (tertiary/aromatic N) is 1. The van der Waals surface area contributed by atoms with E-state index >= 15 is 0 Å². The molecule has 112 valence electrons. The Bertz CT molecular complexity index is 687. The Morgan fingerprint density at radius 3 is 1.27 bits per heavy atom. The van der Waals surface area contributed by atoms with Crippen molar-refractivity contribution in [2.24, 2.45) is 7.05 Å². The molecule has 1 aromatic heterocycles. The van der Waals surface area contributed by atoms with Crippen molar-refractivity contribution in [3.8, 4) is 22.5 Å². The van der Waals surface area contributed by atoms with Crippen LogP contribution in [0.3, 0.4) is 0 Å². The van der Waals surface area contributed by atoms with Gasteiger partial charge < -0.3 is 15.2 Å². The minimum Gasteiger partial charge on any atom is -0.388 e. The second-order valence-corrected chi connectivity index (χ2v) is 5.32.